The van der Waals surface area contributed by atoms with Crippen LogP contribution in [0.25, 0.3) is 10.1 Å². The number of amides is 1. The van der Waals surface area contributed by atoms with Gasteiger partial charge < -0.3 is 14.7 Å². The van der Waals surface area contributed by atoms with Gasteiger partial charge in [-0.1, -0.05) is 0 Å². The lowest BCUT2D eigenvalue weighted by Gasteiger charge is -2.04. The molecule has 0 atom stereocenters. The van der Waals surface area contributed by atoms with Gasteiger partial charge in [-0.15, -0.1) is 11.3 Å². The van der Waals surface area contributed by atoms with E-state index < -0.39 is 0 Å². The van der Waals surface area contributed by atoms with E-state index in [1.807, 2.05) is 12.1 Å². The van der Waals surface area contributed by atoms with Gasteiger partial charge in [0.2, 0.25) is 0 Å². The molecule has 3 aromatic heterocycles. The SMILES string of the molecule is O=C(NCCc1ccco1)c1c[nH]c(=O)c2ccsc12. The van der Waals surface area contributed by atoms with Crippen LogP contribution in [-0.2, 0) is 6.42 Å². The molecule has 0 saturated heterocycles. The first-order valence-electron chi connectivity index (χ1n) is 6.15. The molecule has 1 amide bonds. The molecule has 2 N–H and O–H groups in total. The minimum atomic E-state index is -0.194. The first kappa shape index (κ1) is 12.7. The molecule has 0 fully saturated rings. The standard InChI is InChI=1S/C14H12N2O3S/c17-13-10-4-7-20-12(10)11(8-16-13)14(18)15-5-3-9-2-1-6-19-9/h1-2,4,6-8H,3,5H2,(H,15,18)(H,16,17). The van der Waals surface area contributed by atoms with Gasteiger partial charge in [0.05, 0.1) is 21.9 Å². The van der Waals surface area contributed by atoms with Crippen LogP contribution in [0.5, 0.6) is 0 Å². The second kappa shape index (κ2) is 5.34. The first-order valence-corrected chi connectivity index (χ1v) is 7.03. The van der Waals surface area contributed by atoms with Crippen molar-refractivity contribution in [2.45, 2.75) is 6.42 Å². The highest BCUT2D eigenvalue weighted by Gasteiger charge is 2.12. The number of nitrogens with one attached hydrogen (secondary N) is 2. The third-order valence-corrected chi connectivity index (χ3v) is 3.93. The van der Waals surface area contributed by atoms with Gasteiger partial charge in [-0.2, -0.15) is 0 Å². The highest BCUT2D eigenvalue weighted by Crippen LogP contribution is 2.20. The van der Waals surface area contributed by atoms with Crippen LogP contribution in [0, 0.1) is 0 Å². The van der Waals surface area contributed by atoms with Crippen molar-refractivity contribution < 1.29 is 9.21 Å². The van der Waals surface area contributed by atoms with Gasteiger partial charge in [0, 0.05) is 19.2 Å². The lowest BCUT2D eigenvalue weighted by atomic mass is 10.2. The Labute approximate surface area is 118 Å². The van der Waals surface area contributed by atoms with Crippen LogP contribution in [0.2, 0.25) is 0 Å². The number of H-pyrrole nitrogens is 1. The van der Waals surface area contributed by atoms with E-state index in [1.54, 1.807) is 17.7 Å². The monoisotopic (exact) mass is 288 g/mol. The fourth-order valence-corrected chi connectivity index (χ4v) is 2.90. The van der Waals surface area contributed by atoms with E-state index in [4.69, 9.17) is 4.42 Å². The van der Waals surface area contributed by atoms with Crippen LogP contribution in [0.1, 0.15) is 16.1 Å². The maximum absolute atomic E-state index is 12.1. The third-order valence-electron chi connectivity index (χ3n) is 2.98. The molecule has 3 heterocycles. The van der Waals surface area contributed by atoms with Crippen LogP contribution in [0.3, 0.4) is 0 Å². The molecule has 0 radical (unpaired) electrons. The molecule has 0 bridgehead atoms. The van der Waals surface area contributed by atoms with E-state index in [9.17, 15) is 9.59 Å². The zero-order chi connectivity index (χ0) is 13.9. The fourth-order valence-electron chi connectivity index (χ4n) is 2.00. The van der Waals surface area contributed by atoms with Crippen molar-refractivity contribution in [2.75, 3.05) is 6.54 Å². The second-order valence-electron chi connectivity index (χ2n) is 4.28. The molecule has 20 heavy (non-hydrogen) atoms. The third kappa shape index (κ3) is 2.37. The van der Waals surface area contributed by atoms with E-state index in [0.717, 1.165) is 5.76 Å². The number of hydrogen-bond donors (Lipinski definition) is 2. The maximum atomic E-state index is 12.1. The summed E-state index contributed by atoms with van der Waals surface area (Å²) in [5.41, 5.74) is 0.322. The molecular weight excluding hydrogens is 276 g/mol. The molecule has 6 heteroatoms. The Morgan fingerprint density at radius 2 is 2.30 bits per heavy atom. The van der Waals surface area contributed by atoms with Crippen molar-refractivity contribution in [3.05, 3.63) is 57.7 Å². The number of pyridine rings is 1. The summed E-state index contributed by atoms with van der Waals surface area (Å²) in [6, 6.07) is 5.40. The number of fused-ring (bicyclic) bond motifs is 1. The van der Waals surface area contributed by atoms with Crippen LogP contribution < -0.4 is 10.9 Å². The Balaban J connectivity index is 1.74. The predicted octanol–water partition coefficient (Wildman–Crippen LogP) is 2.16. The number of hydrogen-bond acceptors (Lipinski definition) is 4. The first-order chi connectivity index (χ1) is 9.75. The van der Waals surface area contributed by atoms with Gasteiger partial charge in [-0.25, -0.2) is 0 Å². The molecule has 0 aliphatic heterocycles. The Bertz CT molecular complexity index is 786. The highest BCUT2D eigenvalue weighted by molar-refractivity contribution is 7.17. The second-order valence-corrected chi connectivity index (χ2v) is 5.20. The zero-order valence-corrected chi connectivity index (χ0v) is 11.3. The number of thiophene rings is 1. The minimum Gasteiger partial charge on any atom is -0.469 e. The average molecular weight is 288 g/mol. The quantitative estimate of drug-likeness (QED) is 0.772. The van der Waals surface area contributed by atoms with E-state index in [1.165, 1.54) is 17.5 Å². The smallest absolute Gasteiger partial charge is 0.256 e. The Morgan fingerprint density at radius 3 is 3.10 bits per heavy atom. The number of carbonyl (C=O) groups excluding carboxylic acids is 1. The molecule has 0 unspecified atom stereocenters. The average Bonchev–Trinajstić information content (AvgIpc) is 3.09. The Morgan fingerprint density at radius 1 is 1.40 bits per heavy atom. The maximum Gasteiger partial charge on any atom is 0.256 e. The summed E-state index contributed by atoms with van der Waals surface area (Å²) in [5, 5.41) is 5.18. The largest absolute Gasteiger partial charge is 0.469 e. The molecule has 3 rings (SSSR count). The minimum absolute atomic E-state index is 0.173. The molecule has 0 saturated carbocycles. The van der Waals surface area contributed by atoms with Crippen LogP contribution in [-0.4, -0.2) is 17.4 Å². The predicted molar refractivity (Wildman–Crippen MR) is 77.2 cm³/mol. The fraction of sp³-hybridized carbons (Fsp3) is 0.143. The van der Waals surface area contributed by atoms with E-state index >= 15 is 0 Å². The number of aromatic nitrogens is 1. The molecule has 0 aliphatic rings. The van der Waals surface area contributed by atoms with E-state index in [0.29, 0.717) is 28.6 Å². The molecule has 3 aromatic rings. The summed E-state index contributed by atoms with van der Waals surface area (Å²) in [6.07, 6.45) is 3.70. The number of rotatable bonds is 4. The molecule has 0 spiro atoms. The summed E-state index contributed by atoms with van der Waals surface area (Å²) in [4.78, 5) is 26.3. The van der Waals surface area contributed by atoms with Crippen molar-refractivity contribution in [3.63, 3.8) is 0 Å². The molecule has 0 aromatic carbocycles. The van der Waals surface area contributed by atoms with Gasteiger partial charge in [0.15, 0.2) is 0 Å². The molecule has 5 nitrogen and oxygen atoms in total. The Hall–Kier alpha value is -2.34. The van der Waals surface area contributed by atoms with Crippen LogP contribution in [0.4, 0.5) is 0 Å². The molecular formula is C14H12N2O3S. The zero-order valence-electron chi connectivity index (χ0n) is 10.5. The summed E-state index contributed by atoms with van der Waals surface area (Å²) >= 11 is 1.39. The van der Waals surface area contributed by atoms with Gasteiger partial charge >= 0.3 is 0 Å². The number of aromatic amines is 1. The summed E-state index contributed by atoms with van der Waals surface area (Å²) in [7, 11) is 0. The highest BCUT2D eigenvalue weighted by atomic mass is 32.1. The normalized spacial score (nSPS) is 10.8. The van der Waals surface area contributed by atoms with Crippen molar-refractivity contribution >= 4 is 27.3 Å². The molecule has 0 aliphatic carbocycles. The van der Waals surface area contributed by atoms with Gasteiger partial charge in [0.1, 0.15) is 5.76 Å². The topological polar surface area (TPSA) is 75.1 Å². The van der Waals surface area contributed by atoms with Crippen molar-refractivity contribution in [3.8, 4) is 0 Å². The van der Waals surface area contributed by atoms with Crippen LogP contribution in [0.15, 0.2) is 45.3 Å². The summed E-state index contributed by atoms with van der Waals surface area (Å²) in [5.74, 6) is 0.633. The van der Waals surface area contributed by atoms with Gasteiger partial charge in [-0.3, -0.25) is 9.59 Å². The van der Waals surface area contributed by atoms with E-state index in [-0.39, 0.29) is 11.5 Å². The van der Waals surface area contributed by atoms with Crippen molar-refractivity contribution in [1.29, 1.82) is 0 Å². The summed E-state index contributed by atoms with van der Waals surface area (Å²) in [6.45, 7) is 0.484. The Kier molecular flexibility index (Phi) is 3.39. The van der Waals surface area contributed by atoms with Crippen molar-refractivity contribution in [1.82, 2.24) is 10.3 Å². The van der Waals surface area contributed by atoms with Crippen molar-refractivity contribution in [2.24, 2.45) is 0 Å². The lowest BCUT2D eigenvalue weighted by molar-refractivity contribution is 0.0955. The summed E-state index contributed by atoms with van der Waals surface area (Å²) < 4.78 is 5.91. The van der Waals surface area contributed by atoms with Gasteiger partial charge in [0.25, 0.3) is 11.5 Å². The number of furan rings is 1. The molecule has 102 valence electrons. The van der Waals surface area contributed by atoms with Crippen LogP contribution >= 0.6 is 11.3 Å². The lowest BCUT2D eigenvalue weighted by Crippen LogP contribution is -2.26. The number of carbonyl (C=O) groups is 1. The van der Waals surface area contributed by atoms with E-state index in [2.05, 4.69) is 10.3 Å². The van der Waals surface area contributed by atoms with Gasteiger partial charge in [-0.05, 0) is 23.6 Å².